The van der Waals surface area contributed by atoms with Gasteiger partial charge in [-0.2, -0.15) is 0 Å². The van der Waals surface area contributed by atoms with Gasteiger partial charge in [-0.05, 0) is 19.3 Å². The first-order valence-corrected chi connectivity index (χ1v) is 5.38. The van der Waals surface area contributed by atoms with Gasteiger partial charge in [0.2, 0.25) is 5.91 Å². The minimum Gasteiger partial charge on any atom is -0.481 e. The predicted molar refractivity (Wildman–Crippen MR) is 61.2 cm³/mol. The van der Waals surface area contributed by atoms with Crippen molar-refractivity contribution < 1.29 is 19.5 Å². The summed E-state index contributed by atoms with van der Waals surface area (Å²) in [5.41, 5.74) is 4.87. The zero-order valence-electron chi connectivity index (χ0n) is 10.0. The Kier molecular flexibility index (Phi) is 6.69. The van der Waals surface area contributed by atoms with Crippen molar-refractivity contribution >= 4 is 17.9 Å². The van der Waals surface area contributed by atoms with E-state index in [0.29, 0.717) is 13.0 Å². The zero-order chi connectivity index (χ0) is 13.4. The van der Waals surface area contributed by atoms with Crippen molar-refractivity contribution in [3.63, 3.8) is 0 Å². The fourth-order valence-electron chi connectivity index (χ4n) is 1.18. The molecule has 0 fully saturated rings. The van der Waals surface area contributed by atoms with E-state index in [4.69, 9.17) is 10.8 Å². The molecule has 0 heterocycles. The number of amides is 3. The predicted octanol–water partition coefficient (Wildman–Crippen LogP) is -0.340. The molecule has 5 N–H and O–H groups in total. The lowest BCUT2D eigenvalue weighted by molar-refractivity contribution is -0.137. The summed E-state index contributed by atoms with van der Waals surface area (Å²) in [4.78, 5) is 32.2. The van der Waals surface area contributed by atoms with Crippen LogP contribution in [0.4, 0.5) is 4.79 Å². The molecule has 0 saturated carbocycles. The maximum absolute atomic E-state index is 11.4. The topological polar surface area (TPSA) is 122 Å². The summed E-state index contributed by atoms with van der Waals surface area (Å²) >= 11 is 0. The second-order valence-electron chi connectivity index (χ2n) is 4.01. The number of carbonyl (C=O) groups excluding carboxylic acids is 2. The van der Waals surface area contributed by atoms with Crippen LogP contribution >= 0.6 is 0 Å². The second-order valence-corrected chi connectivity index (χ2v) is 4.01. The van der Waals surface area contributed by atoms with E-state index in [1.54, 1.807) is 0 Å². The summed E-state index contributed by atoms with van der Waals surface area (Å²) in [6, 6.07) is -1.45. The van der Waals surface area contributed by atoms with E-state index in [1.165, 1.54) is 6.92 Å². The number of carbonyl (C=O) groups is 3. The molecule has 0 aromatic carbocycles. The SMILES string of the molecule is CC(CCC(=O)O)CNC(=O)C(C)NC(N)=O. The standard InChI is InChI=1S/C10H19N3O4/c1-6(3-4-8(14)15)5-12-9(16)7(2)13-10(11)17/h6-7H,3-5H2,1-2H3,(H,12,16)(H,14,15)(H3,11,13,17). The van der Waals surface area contributed by atoms with Crippen LogP contribution in [0, 0.1) is 5.92 Å². The zero-order valence-corrected chi connectivity index (χ0v) is 10.0. The van der Waals surface area contributed by atoms with E-state index in [9.17, 15) is 14.4 Å². The molecule has 0 spiro atoms. The van der Waals surface area contributed by atoms with Gasteiger partial charge in [0.25, 0.3) is 0 Å². The number of rotatable bonds is 7. The van der Waals surface area contributed by atoms with Crippen molar-refractivity contribution in [3.8, 4) is 0 Å². The maximum Gasteiger partial charge on any atom is 0.312 e. The highest BCUT2D eigenvalue weighted by atomic mass is 16.4. The molecule has 0 aliphatic carbocycles. The molecule has 0 bridgehead atoms. The molecule has 7 heteroatoms. The van der Waals surface area contributed by atoms with Crippen molar-refractivity contribution in [2.45, 2.75) is 32.7 Å². The number of primary amides is 1. The lowest BCUT2D eigenvalue weighted by atomic mass is 10.1. The van der Waals surface area contributed by atoms with E-state index in [1.807, 2.05) is 6.92 Å². The van der Waals surface area contributed by atoms with Gasteiger partial charge in [-0.15, -0.1) is 0 Å². The average molecular weight is 245 g/mol. The highest BCUT2D eigenvalue weighted by Crippen LogP contribution is 2.03. The number of urea groups is 1. The van der Waals surface area contributed by atoms with Crippen molar-refractivity contribution in [2.75, 3.05) is 6.54 Å². The normalized spacial score (nSPS) is 13.5. The van der Waals surface area contributed by atoms with Gasteiger partial charge in [0.15, 0.2) is 0 Å². The number of carboxylic acid groups (broad SMARTS) is 1. The van der Waals surface area contributed by atoms with Gasteiger partial charge in [0.05, 0.1) is 0 Å². The van der Waals surface area contributed by atoms with Crippen LogP contribution in [-0.4, -0.2) is 35.6 Å². The van der Waals surface area contributed by atoms with Crippen molar-refractivity contribution in [2.24, 2.45) is 11.7 Å². The van der Waals surface area contributed by atoms with Crippen LogP contribution < -0.4 is 16.4 Å². The molecular weight excluding hydrogens is 226 g/mol. The summed E-state index contributed by atoms with van der Waals surface area (Å²) in [6.45, 7) is 3.73. The Morgan fingerprint density at radius 1 is 1.29 bits per heavy atom. The number of hydrogen-bond acceptors (Lipinski definition) is 3. The number of hydrogen-bond donors (Lipinski definition) is 4. The molecule has 0 saturated heterocycles. The molecular formula is C10H19N3O4. The quantitative estimate of drug-likeness (QED) is 0.490. The van der Waals surface area contributed by atoms with Crippen molar-refractivity contribution in [1.29, 1.82) is 0 Å². The number of carboxylic acids is 1. The fraction of sp³-hybridized carbons (Fsp3) is 0.700. The van der Waals surface area contributed by atoms with Crippen molar-refractivity contribution in [3.05, 3.63) is 0 Å². The first-order chi connectivity index (χ1) is 7.82. The van der Waals surface area contributed by atoms with E-state index in [0.717, 1.165) is 0 Å². The van der Waals surface area contributed by atoms with Crippen LogP contribution in [-0.2, 0) is 9.59 Å². The minimum absolute atomic E-state index is 0.0656. The molecule has 0 aromatic heterocycles. The highest BCUT2D eigenvalue weighted by Gasteiger charge is 2.14. The Bertz CT molecular complexity index is 293. The average Bonchev–Trinajstić information content (AvgIpc) is 2.21. The van der Waals surface area contributed by atoms with Crippen LogP contribution in [0.5, 0.6) is 0 Å². The number of nitrogens with one attached hydrogen (secondary N) is 2. The molecule has 2 unspecified atom stereocenters. The Balaban J connectivity index is 3.82. The molecule has 17 heavy (non-hydrogen) atoms. The molecule has 0 aromatic rings. The van der Waals surface area contributed by atoms with Crippen LogP contribution in [0.15, 0.2) is 0 Å². The fourth-order valence-corrected chi connectivity index (χ4v) is 1.18. The van der Waals surface area contributed by atoms with Crippen LogP contribution in [0.1, 0.15) is 26.7 Å². The molecule has 0 rings (SSSR count). The van der Waals surface area contributed by atoms with Gasteiger partial charge >= 0.3 is 12.0 Å². The molecule has 3 amide bonds. The van der Waals surface area contributed by atoms with Gasteiger partial charge in [-0.1, -0.05) is 6.92 Å². The van der Waals surface area contributed by atoms with Crippen LogP contribution in [0.2, 0.25) is 0 Å². The van der Waals surface area contributed by atoms with Gasteiger partial charge in [-0.3, -0.25) is 9.59 Å². The van der Waals surface area contributed by atoms with E-state index < -0.39 is 18.0 Å². The maximum atomic E-state index is 11.4. The van der Waals surface area contributed by atoms with Crippen LogP contribution in [0.3, 0.4) is 0 Å². The van der Waals surface area contributed by atoms with Gasteiger partial charge in [0.1, 0.15) is 6.04 Å². The Morgan fingerprint density at radius 3 is 2.35 bits per heavy atom. The molecule has 0 aliphatic rings. The summed E-state index contributed by atoms with van der Waals surface area (Å²) in [5, 5.41) is 13.3. The van der Waals surface area contributed by atoms with E-state index >= 15 is 0 Å². The third-order valence-electron chi connectivity index (χ3n) is 2.23. The lowest BCUT2D eigenvalue weighted by Gasteiger charge is -2.15. The summed E-state index contributed by atoms with van der Waals surface area (Å²) in [5.74, 6) is -1.13. The molecule has 98 valence electrons. The number of aliphatic carboxylic acids is 1. The summed E-state index contributed by atoms with van der Waals surface area (Å²) in [6.07, 6.45) is 0.569. The monoisotopic (exact) mass is 245 g/mol. The minimum atomic E-state index is -0.855. The van der Waals surface area contributed by atoms with Crippen LogP contribution in [0.25, 0.3) is 0 Å². The largest absolute Gasteiger partial charge is 0.481 e. The molecule has 0 radical (unpaired) electrons. The third kappa shape index (κ3) is 8.06. The Morgan fingerprint density at radius 2 is 1.88 bits per heavy atom. The number of nitrogens with two attached hydrogens (primary N) is 1. The Labute approximate surface area is 99.7 Å². The van der Waals surface area contributed by atoms with Crippen molar-refractivity contribution in [1.82, 2.24) is 10.6 Å². The second kappa shape index (κ2) is 7.48. The molecule has 7 nitrogen and oxygen atoms in total. The first kappa shape index (κ1) is 15.2. The first-order valence-electron chi connectivity index (χ1n) is 5.38. The van der Waals surface area contributed by atoms with E-state index in [-0.39, 0.29) is 18.2 Å². The summed E-state index contributed by atoms with van der Waals surface area (Å²) in [7, 11) is 0. The summed E-state index contributed by atoms with van der Waals surface area (Å²) < 4.78 is 0. The molecule has 0 aliphatic heterocycles. The Hall–Kier alpha value is -1.79. The lowest BCUT2D eigenvalue weighted by Crippen LogP contribution is -2.47. The smallest absolute Gasteiger partial charge is 0.312 e. The third-order valence-corrected chi connectivity index (χ3v) is 2.23. The van der Waals surface area contributed by atoms with Gasteiger partial charge < -0.3 is 21.5 Å². The highest BCUT2D eigenvalue weighted by molar-refractivity contribution is 5.86. The van der Waals surface area contributed by atoms with Gasteiger partial charge in [-0.25, -0.2) is 4.79 Å². The molecule has 2 atom stereocenters. The van der Waals surface area contributed by atoms with E-state index in [2.05, 4.69) is 10.6 Å². The van der Waals surface area contributed by atoms with Gasteiger partial charge in [0, 0.05) is 13.0 Å².